The fraction of sp³-hybridized carbons (Fsp3) is 0.476. The number of ether oxygens (including phenoxy) is 2. The quantitative estimate of drug-likeness (QED) is 0.633. The number of imide groups is 1. The molecule has 0 N–H and O–H groups in total. The average molecular weight is 413 g/mol. The smallest absolute Gasteiger partial charge is 0.328 e. The highest BCUT2D eigenvalue weighted by Gasteiger charge is 2.54. The van der Waals surface area contributed by atoms with Crippen molar-refractivity contribution in [2.45, 2.75) is 32.6 Å². The molecule has 1 fully saturated rings. The largest absolute Gasteiger partial charge is 0.497 e. The van der Waals surface area contributed by atoms with Crippen LogP contribution in [0.25, 0.3) is 0 Å². The van der Waals surface area contributed by atoms with Crippen molar-refractivity contribution in [3.05, 3.63) is 41.7 Å². The lowest BCUT2D eigenvalue weighted by molar-refractivity contribution is -0.137. The van der Waals surface area contributed by atoms with Gasteiger partial charge in [-0.05, 0) is 31.5 Å². The first-order valence-corrected chi connectivity index (χ1v) is 10.1. The molecular weight excluding hydrogens is 386 g/mol. The molecule has 9 nitrogen and oxygen atoms in total. The maximum absolute atomic E-state index is 13.2. The lowest BCUT2D eigenvalue weighted by Gasteiger charge is -2.40. The summed E-state index contributed by atoms with van der Waals surface area (Å²) in [5, 5.41) is 0. The third-order valence-corrected chi connectivity index (χ3v) is 5.67. The minimum Gasteiger partial charge on any atom is -0.497 e. The predicted molar refractivity (Wildman–Crippen MR) is 111 cm³/mol. The maximum Gasteiger partial charge on any atom is 0.328 e. The summed E-state index contributed by atoms with van der Waals surface area (Å²) in [6, 6.07) is 6.96. The maximum atomic E-state index is 13.2. The van der Waals surface area contributed by atoms with Crippen molar-refractivity contribution in [1.82, 2.24) is 19.6 Å². The van der Waals surface area contributed by atoms with Crippen LogP contribution in [0.15, 0.2) is 41.2 Å². The Morgan fingerprint density at radius 2 is 1.87 bits per heavy atom. The van der Waals surface area contributed by atoms with E-state index in [0.717, 1.165) is 17.0 Å². The van der Waals surface area contributed by atoms with Crippen molar-refractivity contribution in [2.75, 3.05) is 33.9 Å². The Hall–Kier alpha value is -3.07. The van der Waals surface area contributed by atoms with Gasteiger partial charge in [-0.1, -0.05) is 12.1 Å². The van der Waals surface area contributed by atoms with Gasteiger partial charge in [-0.15, -0.1) is 0 Å². The van der Waals surface area contributed by atoms with Crippen molar-refractivity contribution in [3.8, 4) is 5.75 Å². The van der Waals surface area contributed by atoms with Gasteiger partial charge in [-0.25, -0.2) is 9.79 Å². The minimum atomic E-state index is -0.555. The fourth-order valence-corrected chi connectivity index (χ4v) is 4.02. The molecule has 30 heavy (non-hydrogen) atoms. The molecule has 1 saturated heterocycles. The Morgan fingerprint density at radius 1 is 1.13 bits per heavy atom. The number of fused-ring (bicyclic) bond motifs is 3. The van der Waals surface area contributed by atoms with Crippen LogP contribution < -0.4 is 4.74 Å². The first-order chi connectivity index (χ1) is 14.5. The number of carbonyl (C=O) groups excluding carboxylic acids is 2. The van der Waals surface area contributed by atoms with Crippen LogP contribution in [-0.2, 0) is 16.1 Å². The van der Waals surface area contributed by atoms with Crippen molar-refractivity contribution in [3.63, 3.8) is 0 Å². The second-order valence-electron chi connectivity index (χ2n) is 7.48. The Balaban J connectivity index is 1.55. The monoisotopic (exact) mass is 413 g/mol. The summed E-state index contributed by atoms with van der Waals surface area (Å²) >= 11 is 0. The highest BCUT2D eigenvalue weighted by atomic mass is 16.5. The van der Waals surface area contributed by atoms with Crippen LogP contribution in [0.1, 0.15) is 19.4 Å². The third-order valence-electron chi connectivity index (χ3n) is 5.67. The number of rotatable bonds is 7. The van der Waals surface area contributed by atoms with Gasteiger partial charge < -0.3 is 24.2 Å². The minimum absolute atomic E-state index is 0.237. The van der Waals surface area contributed by atoms with E-state index in [2.05, 4.69) is 4.90 Å². The number of aliphatic imine (C=N–C) groups is 1. The molecule has 0 spiro atoms. The Kier molecular flexibility index (Phi) is 5.38. The molecule has 1 aromatic carbocycles. The summed E-state index contributed by atoms with van der Waals surface area (Å²) in [6.45, 7) is 5.59. The van der Waals surface area contributed by atoms with Crippen LogP contribution in [-0.4, -0.2) is 83.6 Å². The predicted octanol–water partition coefficient (Wildman–Crippen LogP) is 1.67. The zero-order chi connectivity index (χ0) is 21.4. The second kappa shape index (κ2) is 7.98. The van der Waals surface area contributed by atoms with Crippen molar-refractivity contribution >= 4 is 17.9 Å². The Bertz CT molecular complexity index is 897. The van der Waals surface area contributed by atoms with E-state index >= 15 is 0 Å². The Morgan fingerprint density at radius 3 is 2.53 bits per heavy atom. The van der Waals surface area contributed by atoms with Crippen LogP contribution in [0.2, 0.25) is 0 Å². The van der Waals surface area contributed by atoms with E-state index < -0.39 is 12.2 Å². The van der Waals surface area contributed by atoms with E-state index in [4.69, 9.17) is 14.5 Å². The third kappa shape index (κ3) is 3.28. The molecule has 4 rings (SSSR count). The zero-order valence-electron chi connectivity index (χ0n) is 17.7. The lowest BCUT2D eigenvalue weighted by Crippen LogP contribution is -2.64. The highest BCUT2D eigenvalue weighted by Crippen LogP contribution is 2.34. The van der Waals surface area contributed by atoms with Crippen LogP contribution in [0.3, 0.4) is 0 Å². The summed E-state index contributed by atoms with van der Waals surface area (Å²) in [6.07, 6.45) is 1.40. The molecule has 3 heterocycles. The van der Waals surface area contributed by atoms with Gasteiger partial charge in [-0.2, -0.15) is 0 Å². The molecule has 3 aliphatic rings. The number of likely N-dealkylation sites (N-methyl/N-ethyl adjacent to an activating group) is 1. The highest BCUT2D eigenvalue weighted by molar-refractivity contribution is 6.04. The first kappa shape index (κ1) is 20.2. The topological polar surface area (TPSA) is 77.9 Å². The molecule has 2 unspecified atom stereocenters. The Labute approximate surface area is 176 Å². The van der Waals surface area contributed by atoms with Gasteiger partial charge in [0.15, 0.2) is 12.2 Å². The molecule has 0 aliphatic carbocycles. The lowest BCUT2D eigenvalue weighted by atomic mass is 10.1. The van der Waals surface area contributed by atoms with E-state index in [0.29, 0.717) is 25.7 Å². The number of methoxy groups -OCH3 is 1. The number of guanidine groups is 1. The summed E-state index contributed by atoms with van der Waals surface area (Å²) in [5.41, 5.74) is 2.09. The van der Waals surface area contributed by atoms with Crippen molar-refractivity contribution < 1.29 is 19.1 Å². The van der Waals surface area contributed by atoms with Gasteiger partial charge in [-0.3, -0.25) is 9.69 Å². The van der Waals surface area contributed by atoms with Crippen molar-refractivity contribution in [2.24, 2.45) is 4.99 Å². The number of urea groups is 1. The number of hydrogen-bond acceptors (Lipinski definition) is 7. The standard InChI is InChI=1S/C21H27N5O4/c1-5-30-11-10-24-19(27)17-18(23(3)21(24)28)22-20-25(14(2)12-26(17)20)13-15-6-8-16(29-4)9-7-15/h6-9,12,17-18H,5,10-11,13H2,1-4H3. The molecular formula is C21H27N5O4. The molecule has 3 aliphatic heterocycles. The number of nitrogens with zero attached hydrogens (tertiary/aromatic N) is 5. The number of carbonyl (C=O) groups is 2. The summed E-state index contributed by atoms with van der Waals surface area (Å²) in [7, 11) is 3.33. The first-order valence-electron chi connectivity index (χ1n) is 10.1. The normalized spacial score (nSPS) is 22.9. The molecule has 0 bridgehead atoms. The van der Waals surface area contributed by atoms with E-state index in [1.807, 2.05) is 49.2 Å². The molecule has 0 radical (unpaired) electrons. The summed E-state index contributed by atoms with van der Waals surface area (Å²) in [5.74, 6) is 1.26. The number of amides is 3. The molecule has 0 aromatic heterocycles. The molecule has 0 saturated carbocycles. The van der Waals surface area contributed by atoms with E-state index in [-0.39, 0.29) is 18.5 Å². The van der Waals surface area contributed by atoms with Gasteiger partial charge in [0.05, 0.1) is 26.8 Å². The summed E-state index contributed by atoms with van der Waals surface area (Å²) < 4.78 is 10.6. The van der Waals surface area contributed by atoms with E-state index in [1.165, 1.54) is 9.80 Å². The number of benzene rings is 1. The summed E-state index contributed by atoms with van der Waals surface area (Å²) in [4.78, 5) is 37.5. The second-order valence-corrected chi connectivity index (χ2v) is 7.48. The fourth-order valence-electron chi connectivity index (χ4n) is 4.02. The van der Waals surface area contributed by atoms with Gasteiger partial charge in [0.1, 0.15) is 5.75 Å². The van der Waals surface area contributed by atoms with Gasteiger partial charge in [0.2, 0.25) is 5.96 Å². The molecule has 1 aromatic rings. The SMILES string of the molecule is CCOCCN1C(=O)C2C(N=C3N(Cc4ccc(OC)cc4)C(C)=CN32)N(C)C1=O. The van der Waals surface area contributed by atoms with Gasteiger partial charge >= 0.3 is 6.03 Å². The molecule has 2 atom stereocenters. The zero-order valence-corrected chi connectivity index (χ0v) is 17.7. The van der Waals surface area contributed by atoms with Crippen LogP contribution >= 0.6 is 0 Å². The van der Waals surface area contributed by atoms with E-state index in [1.54, 1.807) is 14.2 Å². The number of allylic oxidation sites excluding steroid dienone is 1. The molecule has 3 amide bonds. The molecule has 160 valence electrons. The van der Waals surface area contributed by atoms with E-state index in [9.17, 15) is 9.59 Å². The van der Waals surface area contributed by atoms with Gasteiger partial charge in [0, 0.05) is 25.6 Å². The average Bonchev–Trinajstić information content (AvgIpc) is 3.25. The van der Waals surface area contributed by atoms with Crippen molar-refractivity contribution in [1.29, 1.82) is 0 Å². The van der Waals surface area contributed by atoms with Crippen LogP contribution in [0, 0.1) is 0 Å². The molecule has 9 heteroatoms. The number of hydrogen-bond donors (Lipinski definition) is 0. The van der Waals surface area contributed by atoms with Gasteiger partial charge in [0.25, 0.3) is 5.91 Å². The van der Waals surface area contributed by atoms with Crippen LogP contribution in [0.5, 0.6) is 5.75 Å². The van der Waals surface area contributed by atoms with Crippen LogP contribution in [0.4, 0.5) is 4.79 Å².